The molecule has 2 rings (SSSR count). The molecule has 0 saturated heterocycles. The summed E-state index contributed by atoms with van der Waals surface area (Å²) in [6, 6.07) is 0.472. The highest BCUT2D eigenvalue weighted by atomic mass is 127. The van der Waals surface area contributed by atoms with Gasteiger partial charge in [0, 0.05) is 6.04 Å². The van der Waals surface area contributed by atoms with Gasteiger partial charge in [-0.3, -0.25) is 0 Å². The van der Waals surface area contributed by atoms with Crippen LogP contribution in [0.1, 0.15) is 55.9 Å². The summed E-state index contributed by atoms with van der Waals surface area (Å²) < 4.78 is 5.47. The minimum Gasteiger partial charge on any atom is -0.444 e. The van der Waals surface area contributed by atoms with Gasteiger partial charge >= 0.3 is 0 Å². The molecule has 0 radical (unpaired) electrons. The average Bonchev–Trinajstić information content (AvgIpc) is 2.58. The van der Waals surface area contributed by atoms with Crippen molar-refractivity contribution in [1.29, 1.82) is 0 Å². The predicted octanol–water partition coefficient (Wildman–Crippen LogP) is 3.04. The van der Waals surface area contributed by atoms with Gasteiger partial charge in [-0.1, -0.05) is 25.7 Å². The molecule has 0 unspecified atom stereocenters. The second-order valence-corrected chi connectivity index (χ2v) is 5.28. The van der Waals surface area contributed by atoms with Crippen molar-refractivity contribution in [1.82, 2.24) is 10.3 Å². The van der Waals surface area contributed by atoms with Crippen LogP contribution in [0.15, 0.2) is 9.41 Å². The molecule has 0 spiro atoms. The van der Waals surface area contributed by atoms with Gasteiger partial charge in [-0.2, -0.15) is 0 Å². The number of aryl methyl sites for hydroxylation is 2. The number of guanidine groups is 1. The summed E-state index contributed by atoms with van der Waals surface area (Å²) in [5, 5.41) is 3.31. The van der Waals surface area contributed by atoms with Crippen molar-refractivity contribution < 1.29 is 4.42 Å². The SMILES string of the molecule is Cc1nc(CN=C(N)NC2CCCCCC2)oc1C.I. The lowest BCUT2D eigenvalue weighted by atomic mass is 10.1. The summed E-state index contributed by atoms with van der Waals surface area (Å²) >= 11 is 0. The second kappa shape index (κ2) is 8.49. The number of hydrogen-bond donors (Lipinski definition) is 2. The zero-order chi connectivity index (χ0) is 13.7. The van der Waals surface area contributed by atoms with Crippen LogP contribution in [0, 0.1) is 13.8 Å². The summed E-state index contributed by atoms with van der Waals surface area (Å²) in [7, 11) is 0. The summed E-state index contributed by atoms with van der Waals surface area (Å²) in [5.41, 5.74) is 6.83. The van der Waals surface area contributed by atoms with E-state index in [0.717, 1.165) is 11.5 Å². The van der Waals surface area contributed by atoms with E-state index in [0.29, 0.717) is 24.4 Å². The zero-order valence-electron chi connectivity index (χ0n) is 12.3. The Morgan fingerprint density at radius 1 is 1.30 bits per heavy atom. The van der Waals surface area contributed by atoms with Gasteiger partial charge in [-0.25, -0.2) is 9.98 Å². The minimum atomic E-state index is 0. The maximum absolute atomic E-state index is 5.92. The van der Waals surface area contributed by atoms with E-state index in [2.05, 4.69) is 15.3 Å². The molecule has 1 saturated carbocycles. The number of nitrogens with one attached hydrogen (secondary N) is 1. The molecule has 0 aliphatic heterocycles. The van der Waals surface area contributed by atoms with E-state index >= 15 is 0 Å². The van der Waals surface area contributed by atoms with Gasteiger partial charge in [-0.05, 0) is 26.7 Å². The number of halogens is 1. The Balaban J connectivity index is 0.00000200. The lowest BCUT2D eigenvalue weighted by Crippen LogP contribution is -2.39. The molecular formula is C14H25IN4O. The molecule has 1 aliphatic rings. The van der Waals surface area contributed by atoms with Crippen LogP contribution in [0.2, 0.25) is 0 Å². The molecule has 6 heteroatoms. The Hall–Kier alpha value is -0.790. The van der Waals surface area contributed by atoms with Crippen molar-refractivity contribution in [2.75, 3.05) is 0 Å². The first-order valence-corrected chi connectivity index (χ1v) is 7.14. The van der Waals surface area contributed by atoms with E-state index < -0.39 is 0 Å². The van der Waals surface area contributed by atoms with Crippen LogP contribution >= 0.6 is 24.0 Å². The third kappa shape index (κ3) is 5.30. The van der Waals surface area contributed by atoms with E-state index in [9.17, 15) is 0 Å². The third-order valence-corrected chi connectivity index (χ3v) is 3.66. The van der Waals surface area contributed by atoms with Gasteiger partial charge in [0.15, 0.2) is 5.96 Å². The van der Waals surface area contributed by atoms with E-state index in [1.807, 2.05) is 13.8 Å². The van der Waals surface area contributed by atoms with Crippen molar-refractivity contribution in [3.8, 4) is 0 Å². The van der Waals surface area contributed by atoms with Crippen LogP contribution in [0.25, 0.3) is 0 Å². The molecule has 0 atom stereocenters. The van der Waals surface area contributed by atoms with E-state index in [-0.39, 0.29) is 24.0 Å². The van der Waals surface area contributed by atoms with E-state index in [1.54, 1.807) is 0 Å². The van der Waals surface area contributed by atoms with Gasteiger partial charge < -0.3 is 15.5 Å². The number of nitrogens with zero attached hydrogens (tertiary/aromatic N) is 2. The second-order valence-electron chi connectivity index (χ2n) is 5.28. The van der Waals surface area contributed by atoms with Crippen LogP contribution in [-0.4, -0.2) is 17.0 Å². The first-order valence-electron chi connectivity index (χ1n) is 7.14. The van der Waals surface area contributed by atoms with Crippen LogP contribution in [-0.2, 0) is 6.54 Å². The smallest absolute Gasteiger partial charge is 0.216 e. The maximum atomic E-state index is 5.92. The lowest BCUT2D eigenvalue weighted by Gasteiger charge is -2.16. The van der Waals surface area contributed by atoms with Crippen molar-refractivity contribution in [2.45, 2.75) is 65.0 Å². The molecule has 114 valence electrons. The summed E-state index contributed by atoms with van der Waals surface area (Å²) in [6.07, 6.45) is 7.61. The van der Waals surface area contributed by atoms with Gasteiger partial charge in [-0.15, -0.1) is 24.0 Å². The maximum Gasteiger partial charge on any atom is 0.216 e. The molecule has 1 aromatic heterocycles. The van der Waals surface area contributed by atoms with Gasteiger partial charge in [0.05, 0.1) is 5.69 Å². The van der Waals surface area contributed by atoms with E-state index in [1.165, 1.54) is 38.5 Å². The monoisotopic (exact) mass is 392 g/mol. The zero-order valence-corrected chi connectivity index (χ0v) is 14.6. The Morgan fingerprint density at radius 3 is 2.50 bits per heavy atom. The van der Waals surface area contributed by atoms with Crippen LogP contribution < -0.4 is 11.1 Å². The number of hydrogen-bond acceptors (Lipinski definition) is 3. The lowest BCUT2D eigenvalue weighted by molar-refractivity contribution is 0.472. The number of aliphatic imine (C=N–C) groups is 1. The Labute approximate surface area is 137 Å². The average molecular weight is 392 g/mol. The highest BCUT2D eigenvalue weighted by Crippen LogP contribution is 2.17. The Morgan fingerprint density at radius 2 is 1.95 bits per heavy atom. The first-order chi connectivity index (χ1) is 9.15. The van der Waals surface area contributed by atoms with Crippen LogP contribution in [0.4, 0.5) is 0 Å². The highest BCUT2D eigenvalue weighted by molar-refractivity contribution is 14.0. The number of aromatic nitrogens is 1. The minimum absolute atomic E-state index is 0. The van der Waals surface area contributed by atoms with Crippen molar-refractivity contribution in [3.05, 3.63) is 17.3 Å². The highest BCUT2D eigenvalue weighted by Gasteiger charge is 2.12. The molecule has 20 heavy (non-hydrogen) atoms. The Kier molecular flexibility index (Phi) is 7.32. The summed E-state index contributed by atoms with van der Waals surface area (Å²) in [5.74, 6) is 1.97. The van der Waals surface area contributed by atoms with Crippen molar-refractivity contribution in [3.63, 3.8) is 0 Å². The van der Waals surface area contributed by atoms with Crippen molar-refractivity contribution in [2.24, 2.45) is 10.7 Å². The molecule has 0 amide bonds. The molecule has 1 aliphatic carbocycles. The van der Waals surface area contributed by atoms with Crippen LogP contribution in [0.5, 0.6) is 0 Å². The summed E-state index contributed by atoms with van der Waals surface area (Å²) in [6.45, 7) is 4.24. The fourth-order valence-corrected chi connectivity index (χ4v) is 2.44. The van der Waals surface area contributed by atoms with E-state index in [4.69, 9.17) is 10.2 Å². The quantitative estimate of drug-likeness (QED) is 0.359. The topological polar surface area (TPSA) is 76.4 Å². The third-order valence-electron chi connectivity index (χ3n) is 3.66. The van der Waals surface area contributed by atoms with Crippen LogP contribution in [0.3, 0.4) is 0 Å². The largest absolute Gasteiger partial charge is 0.444 e. The molecule has 0 bridgehead atoms. The van der Waals surface area contributed by atoms with Gasteiger partial charge in [0.2, 0.25) is 5.89 Å². The normalized spacial score (nSPS) is 17.4. The molecule has 3 N–H and O–H groups in total. The standard InChI is InChI=1S/C14H24N4O.HI/c1-10-11(2)19-13(17-10)9-16-14(15)18-12-7-5-3-4-6-8-12;/h12H,3-9H2,1-2H3,(H3,15,16,18);1H. The Bertz CT molecular complexity index is 417. The first kappa shape index (κ1) is 17.3. The van der Waals surface area contributed by atoms with Gasteiger partial charge in [0.1, 0.15) is 12.3 Å². The fourth-order valence-electron chi connectivity index (χ4n) is 2.44. The molecule has 1 fully saturated rings. The number of oxazole rings is 1. The fraction of sp³-hybridized carbons (Fsp3) is 0.714. The van der Waals surface area contributed by atoms with Gasteiger partial charge in [0.25, 0.3) is 0 Å². The van der Waals surface area contributed by atoms with Crippen molar-refractivity contribution >= 4 is 29.9 Å². The number of nitrogens with two attached hydrogens (primary N) is 1. The molecule has 1 aromatic rings. The molecule has 1 heterocycles. The molecule has 0 aromatic carbocycles. The number of rotatable bonds is 3. The summed E-state index contributed by atoms with van der Waals surface area (Å²) in [4.78, 5) is 8.59. The molecule has 5 nitrogen and oxygen atoms in total. The predicted molar refractivity (Wildman–Crippen MR) is 91.3 cm³/mol. The molecular weight excluding hydrogens is 367 g/mol.